The molecule has 5 N–H and O–H groups in total. The fourth-order valence-electron chi connectivity index (χ4n) is 3.48. The molecule has 0 radical (unpaired) electrons. The molecule has 24 heavy (non-hydrogen) atoms. The number of hydrogen-bond acceptors (Lipinski definition) is 6. The minimum atomic E-state index is 0.290. The van der Waals surface area contributed by atoms with E-state index in [4.69, 9.17) is 11.5 Å². The number of nitrogens with zero attached hydrogens (tertiary/aromatic N) is 4. The Hall–Kier alpha value is -2.67. The molecule has 0 unspecified atom stereocenters. The number of pyridine rings is 1. The second-order valence-corrected chi connectivity index (χ2v) is 6.32. The number of imidazole rings is 1. The molecular weight excluding hydrogens is 302 g/mol. The van der Waals surface area contributed by atoms with Gasteiger partial charge in [-0.3, -0.25) is 0 Å². The largest absolute Gasteiger partial charge is 0.382 e. The van der Waals surface area contributed by atoms with Gasteiger partial charge in [0.2, 0.25) is 0 Å². The van der Waals surface area contributed by atoms with Crippen LogP contribution in [0.3, 0.4) is 0 Å². The van der Waals surface area contributed by atoms with Crippen molar-refractivity contribution in [3.8, 4) is 0 Å². The second kappa shape index (κ2) is 6.09. The Balaban J connectivity index is 1.82. The van der Waals surface area contributed by atoms with Gasteiger partial charge >= 0.3 is 0 Å². The molecule has 3 aromatic heterocycles. The number of aromatic nitrogens is 4. The van der Waals surface area contributed by atoms with Gasteiger partial charge in [-0.15, -0.1) is 5.10 Å². The van der Waals surface area contributed by atoms with E-state index < -0.39 is 0 Å². The van der Waals surface area contributed by atoms with Gasteiger partial charge in [-0.2, -0.15) is 0 Å². The Kier molecular flexibility index (Phi) is 3.78. The van der Waals surface area contributed by atoms with Crippen molar-refractivity contribution < 1.29 is 0 Å². The van der Waals surface area contributed by atoms with Crippen LogP contribution in [0, 0.1) is 0 Å². The second-order valence-electron chi connectivity index (χ2n) is 6.32. The fraction of sp³-hybridized carbons (Fsp3) is 0.353. The van der Waals surface area contributed by atoms with E-state index in [-0.39, 0.29) is 6.04 Å². The quantitative estimate of drug-likeness (QED) is 0.683. The van der Waals surface area contributed by atoms with E-state index >= 15 is 0 Å². The summed E-state index contributed by atoms with van der Waals surface area (Å²) in [6.07, 6.45) is 9.33. The van der Waals surface area contributed by atoms with Crippen LogP contribution in [-0.4, -0.2) is 25.6 Å². The van der Waals surface area contributed by atoms with Crippen LogP contribution < -0.4 is 16.8 Å². The summed E-state index contributed by atoms with van der Waals surface area (Å²) in [5.74, 6) is 1.64. The molecule has 0 aliphatic heterocycles. The van der Waals surface area contributed by atoms with Crippen LogP contribution in [0.25, 0.3) is 5.65 Å². The summed E-state index contributed by atoms with van der Waals surface area (Å²) < 4.78 is 1.71. The lowest BCUT2D eigenvalue weighted by Gasteiger charge is -2.28. The minimum absolute atomic E-state index is 0.290. The predicted octanol–water partition coefficient (Wildman–Crippen LogP) is 2.44. The number of nitrogens with two attached hydrogens (primary N) is 2. The smallest absolute Gasteiger partial charge is 0.177 e. The van der Waals surface area contributed by atoms with Crippen molar-refractivity contribution in [1.82, 2.24) is 19.6 Å². The number of fused-ring (bicyclic) bond motifs is 1. The molecule has 0 bridgehead atoms. The Labute approximate surface area is 140 Å². The molecule has 3 heterocycles. The SMILES string of the molecule is Nc1nn2ccnc2c(Nc2ccccn2)c1C1CCC(N)CC1. The van der Waals surface area contributed by atoms with E-state index in [1.807, 2.05) is 18.2 Å². The first kappa shape index (κ1) is 14.9. The third-order valence-electron chi connectivity index (χ3n) is 4.70. The molecule has 7 nitrogen and oxygen atoms in total. The van der Waals surface area contributed by atoms with Gasteiger partial charge in [0.1, 0.15) is 11.6 Å². The zero-order chi connectivity index (χ0) is 16.5. The van der Waals surface area contributed by atoms with Crippen LogP contribution in [0.4, 0.5) is 17.3 Å². The Bertz CT molecular complexity index is 835. The van der Waals surface area contributed by atoms with Crippen LogP contribution in [0.5, 0.6) is 0 Å². The third-order valence-corrected chi connectivity index (χ3v) is 4.70. The van der Waals surface area contributed by atoms with Crippen molar-refractivity contribution in [2.45, 2.75) is 37.6 Å². The molecule has 1 saturated carbocycles. The van der Waals surface area contributed by atoms with E-state index in [1.54, 1.807) is 23.1 Å². The van der Waals surface area contributed by atoms with Crippen molar-refractivity contribution in [1.29, 1.82) is 0 Å². The fourth-order valence-corrected chi connectivity index (χ4v) is 3.48. The molecule has 0 atom stereocenters. The molecule has 0 saturated heterocycles. The van der Waals surface area contributed by atoms with Gasteiger partial charge in [0.05, 0.1) is 5.69 Å². The molecule has 1 aliphatic rings. The van der Waals surface area contributed by atoms with Gasteiger partial charge in [-0.1, -0.05) is 6.07 Å². The average Bonchev–Trinajstić information content (AvgIpc) is 3.05. The Morgan fingerprint density at radius 3 is 2.67 bits per heavy atom. The first-order valence-corrected chi connectivity index (χ1v) is 8.28. The van der Waals surface area contributed by atoms with Crippen molar-refractivity contribution in [3.63, 3.8) is 0 Å². The molecule has 0 aromatic carbocycles. The maximum atomic E-state index is 6.31. The van der Waals surface area contributed by atoms with Crippen LogP contribution in [0.2, 0.25) is 0 Å². The lowest BCUT2D eigenvalue weighted by Crippen LogP contribution is -2.26. The summed E-state index contributed by atoms with van der Waals surface area (Å²) in [7, 11) is 0. The molecule has 7 heteroatoms. The Morgan fingerprint density at radius 1 is 1.08 bits per heavy atom. The zero-order valence-corrected chi connectivity index (χ0v) is 13.4. The predicted molar refractivity (Wildman–Crippen MR) is 94.1 cm³/mol. The van der Waals surface area contributed by atoms with E-state index in [0.717, 1.165) is 48.4 Å². The number of nitrogen functional groups attached to an aromatic ring is 1. The van der Waals surface area contributed by atoms with Gasteiger partial charge in [0, 0.05) is 30.2 Å². The lowest BCUT2D eigenvalue weighted by atomic mass is 9.81. The third kappa shape index (κ3) is 2.67. The standard InChI is InChI=1S/C17H21N7/c18-12-6-4-11(5-7-12)14-15(22-13-3-1-2-8-20-13)17-21-9-10-24(17)23-16(14)19/h1-3,8-12H,4-7,18H2,(H2,19,23)(H,20,22). The molecule has 124 valence electrons. The van der Waals surface area contributed by atoms with E-state index in [9.17, 15) is 0 Å². The molecule has 3 aromatic rings. The van der Waals surface area contributed by atoms with Crippen LogP contribution in [0.1, 0.15) is 37.2 Å². The number of anilines is 3. The minimum Gasteiger partial charge on any atom is -0.382 e. The number of rotatable bonds is 3. The summed E-state index contributed by atoms with van der Waals surface area (Å²) in [4.78, 5) is 8.82. The van der Waals surface area contributed by atoms with Gasteiger partial charge in [0.25, 0.3) is 0 Å². The van der Waals surface area contributed by atoms with Gasteiger partial charge in [-0.25, -0.2) is 14.5 Å². The summed E-state index contributed by atoms with van der Waals surface area (Å²) in [6, 6.07) is 6.05. The molecule has 0 amide bonds. The highest BCUT2D eigenvalue weighted by Gasteiger charge is 2.27. The van der Waals surface area contributed by atoms with E-state index in [2.05, 4.69) is 20.4 Å². The summed E-state index contributed by atoms with van der Waals surface area (Å²) in [5.41, 5.74) is 15.1. The highest BCUT2D eigenvalue weighted by atomic mass is 15.3. The maximum absolute atomic E-state index is 6.31. The van der Waals surface area contributed by atoms with Crippen molar-refractivity contribution in [2.24, 2.45) is 5.73 Å². The van der Waals surface area contributed by atoms with E-state index in [0.29, 0.717) is 11.7 Å². The molecule has 1 fully saturated rings. The van der Waals surface area contributed by atoms with Gasteiger partial charge in [0.15, 0.2) is 5.65 Å². The summed E-state index contributed by atoms with van der Waals surface area (Å²) in [5, 5.41) is 7.88. The highest BCUT2D eigenvalue weighted by molar-refractivity contribution is 5.79. The van der Waals surface area contributed by atoms with Crippen LogP contribution in [0.15, 0.2) is 36.8 Å². The van der Waals surface area contributed by atoms with Crippen molar-refractivity contribution in [2.75, 3.05) is 11.1 Å². The molecule has 4 rings (SSSR count). The maximum Gasteiger partial charge on any atom is 0.177 e. The highest BCUT2D eigenvalue weighted by Crippen LogP contribution is 2.40. The molecular formula is C17H21N7. The van der Waals surface area contributed by atoms with Gasteiger partial charge < -0.3 is 16.8 Å². The average molecular weight is 323 g/mol. The first-order valence-electron chi connectivity index (χ1n) is 8.28. The van der Waals surface area contributed by atoms with Crippen molar-refractivity contribution in [3.05, 3.63) is 42.4 Å². The molecule has 1 aliphatic carbocycles. The monoisotopic (exact) mass is 323 g/mol. The van der Waals surface area contributed by atoms with Gasteiger partial charge in [-0.05, 0) is 43.7 Å². The van der Waals surface area contributed by atoms with Crippen LogP contribution in [-0.2, 0) is 0 Å². The van der Waals surface area contributed by atoms with E-state index in [1.165, 1.54) is 0 Å². The van der Waals surface area contributed by atoms with Crippen molar-refractivity contribution >= 4 is 23.0 Å². The zero-order valence-electron chi connectivity index (χ0n) is 13.4. The topological polar surface area (TPSA) is 107 Å². The first-order chi connectivity index (χ1) is 11.7. The lowest BCUT2D eigenvalue weighted by molar-refractivity contribution is 0.396. The Morgan fingerprint density at radius 2 is 1.92 bits per heavy atom. The summed E-state index contributed by atoms with van der Waals surface area (Å²) in [6.45, 7) is 0. The van der Waals surface area contributed by atoms with Crippen LogP contribution >= 0.6 is 0 Å². The summed E-state index contributed by atoms with van der Waals surface area (Å²) >= 11 is 0. The number of nitrogens with one attached hydrogen (secondary N) is 1. The molecule has 0 spiro atoms. The number of hydrogen-bond donors (Lipinski definition) is 3. The normalized spacial score (nSPS) is 21.0.